The van der Waals surface area contributed by atoms with Crippen LogP contribution in [0.3, 0.4) is 0 Å². The van der Waals surface area contributed by atoms with Gasteiger partial charge in [0, 0.05) is 5.56 Å². The van der Waals surface area contributed by atoms with E-state index in [1.54, 1.807) is 0 Å². The number of hydrogen-bond acceptors (Lipinski definition) is 3. The van der Waals surface area contributed by atoms with E-state index in [-0.39, 0.29) is 12.2 Å². The number of hydrogen-bond donors (Lipinski definition) is 1. The molecule has 0 saturated carbocycles. The van der Waals surface area contributed by atoms with Crippen LogP contribution >= 0.6 is 0 Å². The van der Waals surface area contributed by atoms with Crippen molar-refractivity contribution in [1.82, 2.24) is 0 Å². The first kappa shape index (κ1) is 10.4. The minimum atomic E-state index is 0.137. The second kappa shape index (κ2) is 4.01. The molecule has 1 aromatic rings. The van der Waals surface area contributed by atoms with Gasteiger partial charge in [0.1, 0.15) is 0 Å². The SMILES string of the molecule is COc1c(CC#N)cc(C)c(C)c1O. The summed E-state index contributed by atoms with van der Waals surface area (Å²) in [5.74, 6) is 0.549. The molecule has 0 amide bonds. The Kier molecular flexibility index (Phi) is 2.98. The first-order chi connectivity index (χ1) is 6.61. The first-order valence-corrected chi connectivity index (χ1v) is 4.34. The van der Waals surface area contributed by atoms with Crippen LogP contribution in [0.2, 0.25) is 0 Å². The summed E-state index contributed by atoms with van der Waals surface area (Å²) in [7, 11) is 1.49. The molecule has 0 fully saturated rings. The Balaban J connectivity index is 3.37. The average molecular weight is 191 g/mol. The predicted octanol–water partition coefficient (Wildman–Crippen LogP) is 2.08. The van der Waals surface area contributed by atoms with E-state index in [2.05, 4.69) is 0 Å². The van der Waals surface area contributed by atoms with Gasteiger partial charge in [0.25, 0.3) is 0 Å². The molecule has 0 aliphatic heterocycles. The molecule has 1 N–H and O–H groups in total. The van der Waals surface area contributed by atoms with E-state index in [0.29, 0.717) is 5.75 Å². The maximum atomic E-state index is 9.75. The summed E-state index contributed by atoms with van der Waals surface area (Å²) >= 11 is 0. The normalized spacial score (nSPS) is 9.57. The van der Waals surface area contributed by atoms with E-state index in [1.165, 1.54) is 7.11 Å². The molecule has 1 aromatic carbocycles. The van der Waals surface area contributed by atoms with Gasteiger partial charge in [-0.15, -0.1) is 0 Å². The summed E-state index contributed by atoms with van der Waals surface area (Å²) in [4.78, 5) is 0. The number of aryl methyl sites for hydroxylation is 1. The Morgan fingerprint density at radius 3 is 2.64 bits per heavy atom. The van der Waals surface area contributed by atoms with Crippen molar-refractivity contribution in [2.75, 3.05) is 7.11 Å². The lowest BCUT2D eigenvalue weighted by Crippen LogP contribution is -1.95. The number of aromatic hydroxyl groups is 1. The third-order valence-electron chi connectivity index (χ3n) is 2.32. The number of phenols is 1. The van der Waals surface area contributed by atoms with Crippen LogP contribution in [-0.2, 0) is 6.42 Å². The van der Waals surface area contributed by atoms with E-state index < -0.39 is 0 Å². The summed E-state index contributed by atoms with van der Waals surface area (Å²) in [6.45, 7) is 3.72. The topological polar surface area (TPSA) is 53.2 Å². The molecular formula is C11H13NO2. The van der Waals surface area contributed by atoms with E-state index in [9.17, 15) is 5.11 Å². The van der Waals surface area contributed by atoms with Crippen LogP contribution in [0.1, 0.15) is 16.7 Å². The van der Waals surface area contributed by atoms with Crippen LogP contribution in [-0.4, -0.2) is 12.2 Å². The van der Waals surface area contributed by atoms with Crippen molar-refractivity contribution in [1.29, 1.82) is 5.26 Å². The van der Waals surface area contributed by atoms with E-state index >= 15 is 0 Å². The number of benzene rings is 1. The van der Waals surface area contributed by atoms with Gasteiger partial charge in [0.15, 0.2) is 11.5 Å². The summed E-state index contributed by atoms with van der Waals surface area (Å²) < 4.78 is 5.06. The van der Waals surface area contributed by atoms with Crippen molar-refractivity contribution in [2.24, 2.45) is 0 Å². The molecule has 0 radical (unpaired) electrons. The second-order valence-corrected chi connectivity index (χ2v) is 3.19. The highest BCUT2D eigenvalue weighted by molar-refractivity contribution is 5.54. The summed E-state index contributed by atoms with van der Waals surface area (Å²) in [6, 6.07) is 3.91. The van der Waals surface area contributed by atoms with Crippen molar-refractivity contribution in [2.45, 2.75) is 20.3 Å². The van der Waals surface area contributed by atoms with Crippen LogP contribution < -0.4 is 4.74 Å². The van der Waals surface area contributed by atoms with Crippen molar-refractivity contribution in [3.63, 3.8) is 0 Å². The molecule has 14 heavy (non-hydrogen) atoms. The van der Waals surface area contributed by atoms with Gasteiger partial charge in [-0.1, -0.05) is 6.07 Å². The highest BCUT2D eigenvalue weighted by Gasteiger charge is 2.12. The van der Waals surface area contributed by atoms with Gasteiger partial charge in [-0.2, -0.15) is 5.26 Å². The fraction of sp³-hybridized carbons (Fsp3) is 0.364. The number of nitriles is 1. The largest absolute Gasteiger partial charge is 0.504 e. The number of methoxy groups -OCH3 is 1. The van der Waals surface area contributed by atoms with Crippen molar-refractivity contribution >= 4 is 0 Å². The Morgan fingerprint density at radius 1 is 1.50 bits per heavy atom. The molecule has 3 nitrogen and oxygen atoms in total. The molecule has 0 atom stereocenters. The molecule has 0 heterocycles. The Hall–Kier alpha value is -1.69. The van der Waals surface area contributed by atoms with Gasteiger partial charge < -0.3 is 9.84 Å². The smallest absolute Gasteiger partial charge is 0.165 e. The van der Waals surface area contributed by atoms with Crippen LogP contribution in [0.5, 0.6) is 11.5 Å². The molecule has 1 rings (SSSR count). The zero-order valence-corrected chi connectivity index (χ0v) is 8.59. The standard InChI is InChI=1S/C11H13NO2/c1-7-6-9(4-5-12)11(14-3)10(13)8(7)2/h6,13H,4H2,1-3H3. The molecule has 0 aliphatic carbocycles. The lowest BCUT2D eigenvalue weighted by molar-refractivity contribution is 0.368. The Labute approximate surface area is 83.6 Å². The predicted molar refractivity (Wildman–Crippen MR) is 53.4 cm³/mol. The number of nitrogens with zero attached hydrogens (tertiary/aromatic N) is 1. The highest BCUT2D eigenvalue weighted by Crippen LogP contribution is 2.35. The number of phenolic OH excluding ortho intramolecular Hbond substituents is 1. The van der Waals surface area contributed by atoms with Crippen molar-refractivity contribution in [3.05, 3.63) is 22.8 Å². The minimum Gasteiger partial charge on any atom is -0.504 e. The van der Waals surface area contributed by atoms with Crippen LogP contribution in [0.15, 0.2) is 6.07 Å². The Morgan fingerprint density at radius 2 is 2.14 bits per heavy atom. The fourth-order valence-electron chi connectivity index (χ4n) is 1.39. The van der Waals surface area contributed by atoms with Gasteiger partial charge >= 0.3 is 0 Å². The summed E-state index contributed by atoms with van der Waals surface area (Å²) in [5, 5.41) is 18.4. The first-order valence-electron chi connectivity index (χ1n) is 4.34. The zero-order valence-electron chi connectivity index (χ0n) is 8.59. The van der Waals surface area contributed by atoms with Crippen molar-refractivity contribution < 1.29 is 9.84 Å². The van der Waals surface area contributed by atoms with Crippen LogP contribution in [0.25, 0.3) is 0 Å². The molecule has 0 aromatic heterocycles. The summed E-state index contributed by atoms with van der Waals surface area (Å²) in [6.07, 6.45) is 0.248. The Bertz CT molecular complexity index is 391. The van der Waals surface area contributed by atoms with E-state index in [0.717, 1.165) is 16.7 Å². The van der Waals surface area contributed by atoms with Gasteiger partial charge in [-0.25, -0.2) is 0 Å². The second-order valence-electron chi connectivity index (χ2n) is 3.19. The van der Waals surface area contributed by atoms with Crippen LogP contribution in [0, 0.1) is 25.2 Å². The molecular weight excluding hydrogens is 178 g/mol. The summed E-state index contributed by atoms with van der Waals surface area (Å²) in [5.41, 5.74) is 2.49. The van der Waals surface area contributed by atoms with Crippen LogP contribution in [0.4, 0.5) is 0 Å². The fourth-order valence-corrected chi connectivity index (χ4v) is 1.39. The maximum absolute atomic E-state index is 9.75. The quantitative estimate of drug-likeness (QED) is 0.778. The minimum absolute atomic E-state index is 0.137. The number of rotatable bonds is 2. The molecule has 0 spiro atoms. The van der Waals surface area contributed by atoms with Gasteiger partial charge in [-0.3, -0.25) is 0 Å². The third-order valence-corrected chi connectivity index (χ3v) is 2.32. The highest BCUT2D eigenvalue weighted by atomic mass is 16.5. The average Bonchev–Trinajstić information content (AvgIpc) is 2.16. The van der Waals surface area contributed by atoms with E-state index in [1.807, 2.05) is 26.0 Å². The van der Waals surface area contributed by atoms with Gasteiger partial charge in [-0.05, 0) is 25.0 Å². The molecule has 0 unspecified atom stereocenters. The molecule has 3 heteroatoms. The number of ether oxygens (including phenoxy) is 1. The third kappa shape index (κ3) is 1.64. The molecule has 74 valence electrons. The molecule has 0 aliphatic rings. The van der Waals surface area contributed by atoms with Gasteiger partial charge in [0.2, 0.25) is 0 Å². The zero-order chi connectivity index (χ0) is 10.7. The molecule has 0 bridgehead atoms. The maximum Gasteiger partial charge on any atom is 0.165 e. The lowest BCUT2D eigenvalue weighted by atomic mass is 10.0. The molecule has 0 saturated heterocycles. The van der Waals surface area contributed by atoms with E-state index in [4.69, 9.17) is 10.00 Å². The van der Waals surface area contributed by atoms with Crippen molar-refractivity contribution in [3.8, 4) is 17.6 Å². The monoisotopic (exact) mass is 191 g/mol. The van der Waals surface area contributed by atoms with Gasteiger partial charge in [0.05, 0.1) is 19.6 Å². The lowest BCUT2D eigenvalue weighted by Gasteiger charge is -2.12.